The maximum absolute atomic E-state index is 11.6. The van der Waals surface area contributed by atoms with E-state index >= 15 is 0 Å². The van der Waals surface area contributed by atoms with Crippen LogP contribution in [-0.4, -0.2) is 25.5 Å². The summed E-state index contributed by atoms with van der Waals surface area (Å²) < 4.78 is 0. The third-order valence-corrected chi connectivity index (χ3v) is 3.66. The van der Waals surface area contributed by atoms with Gasteiger partial charge in [0.25, 0.3) is 5.69 Å². The van der Waals surface area contributed by atoms with Gasteiger partial charge in [0.15, 0.2) is 0 Å². The lowest BCUT2D eigenvalue weighted by molar-refractivity contribution is -0.383. The quantitative estimate of drug-likeness (QED) is 0.445. The minimum absolute atomic E-state index is 0.148. The fourth-order valence-corrected chi connectivity index (χ4v) is 2.57. The van der Waals surface area contributed by atoms with Crippen molar-refractivity contribution in [2.24, 2.45) is 0 Å². The van der Waals surface area contributed by atoms with E-state index in [2.05, 4.69) is 20.6 Å². The van der Waals surface area contributed by atoms with Crippen LogP contribution in [0.15, 0.2) is 85.2 Å². The molecule has 0 radical (unpaired) electrons. The molecule has 1 aromatic heterocycles. The molecule has 4 rings (SSSR count). The van der Waals surface area contributed by atoms with Crippen molar-refractivity contribution in [2.45, 2.75) is 0 Å². The minimum atomic E-state index is -0.301. The van der Waals surface area contributed by atoms with E-state index in [1.54, 1.807) is 12.1 Å². The molecule has 7 nitrogen and oxygen atoms in total. The van der Waals surface area contributed by atoms with Crippen LogP contribution in [0.2, 0.25) is 0 Å². The molecule has 128 valence electrons. The topological polar surface area (TPSA) is 97.6 Å². The molecule has 0 unspecified atom stereocenters. The highest BCUT2D eigenvalue weighted by atomic mass is 16.6. The molecule has 4 aromatic rings. The summed E-state index contributed by atoms with van der Waals surface area (Å²) >= 11 is 0. The van der Waals surface area contributed by atoms with Gasteiger partial charge >= 0.3 is 0 Å². The van der Waals surface area contributed by atoms with E-state index in [-0.39, 0.29) is 10.6 Å². The number of tetrazole rings is 1. The minimum Gasteiger partial charge on any atom is -0.258 e. The molecule has 0 fully saturated rings. The maximum atomic E-state index is 11.6. The van der Waals surface area contributed by atoms with Gasteiger partial charge in [0, 0.05) is 0 Å². The number of H-pyrrole nitrogens is 1. The predicted molar refractivity (Wildman–Crippen MR) is 98.1 cm³/mol. The lowest BCUT2D eigenvalue weighted by Gasteiger charge is -2.08. The molecule has 1 heterocycles. The van der Waals surface area contributed by atoms with Gasteiger partial charge in [-0.05, 0) is 33.7 Å². The molecule has 3 aromatic carbocycles. The molecule has 26 heavy (non-hydrogen) atoms. The molecule has 1 N–H and O–H groups in total. The van der Waals surface area contributed by atoms with Gasteiger partial charge in [-0.15, -0.1) is 5.10 Å². The molecule has 0 atom stereocenters. The average molecular weight is 345 g/mol. The molecule has 0 aliphatic rings. The normalized spacial score (nSPS) is 9.85. The van der Waals surface area contributed by atoms with Gasteiger partial charge in [-0.2, -0.15) is 0 Å². The molecule has 0 aliphatic heterocycles. The first-order valence-corrected chi connectivity index (χ1v) is 7.82. The Labute approximate surface area is 149 Å². The fourth-order valence-electron chi connectivity index (χ4n) is 2.57. The van der Waals surface area contributed by atoms with Gasteiger partial charge in [-0.1, -0.05) is 66.7 Å². The Morgan fingerprint density at radius 2 is 1.31 bits per heavy atom. The monoisotopic (exact) mass is 345 g/mol. The maximum Gasteiger partial charge on any atom is 0.284 e. The smallest absolute Gasteiger partial charge is 0.258 e. The SMILES string of the molecule is O=[N+]([O-])c1c(-c2ccccc2)cccc1-c1ccccc1.c1nnn[nH]1. The summed E-state index contributed by atoms with van der Waals surface area (Å²) in [4.78, 5) is 11.3. The van der Waals surface area contributed by atoms with Crippen molar-refractivity contribution in [1.82, 2.24) is 20.6 Å². The molecule has 0 saturated heterocycles. The van der Waals surface area contributed by atoms with Crippen LogP contribution in [0.1, 0.15) is 0 Å². The molecule has 0 aliphatic carbocycles. The van der Waals surface area contributed by atoms with Crippen molar-refractivity contribution in [2.75, 3.05) is 0 Å². The summed E-state index contributed by atoms with van der Waals surface area (Å²) in [6.07, 6.45) is 1.40. The second-order valence-electron chi connectivity index (χ2n) is 5.25. The van der Waals surface area contributed by atoms with Crippen LogP contribution in [0.3, 0.4) is 0 Å². The van der Waals surface area contributed by atoms with E-state index in [1.807, 2.05) is 66.7 Å². The first-order valence-electron chi connectivity index (χ1n) is 7.82. The summed E-state index contributed by atoms with van der Waals surface area (Å²) in [5, 5.41) is 23.7. The largest absolute Gasteiger partial charge is 0.284 e. The van der Waals surface area contributed by atoms with Crippen LogP contribution >= 0.6 is 0 Å². The highest BCUT2D eigenvalue weighted by Crippen LogP contribution is 2.38. The van der Waals surface area contributed by atoms with Crippen LogP contribution in [0, 0.1) is 10.1 Å². The summed E-state index contributed by atoms with van der Waals surface area (Å²) in [5.74, 6) is 0. The van der Waals surface area contributed by atoms with Crippen molar-refractivity contribution >= 4 is 5.69 Å². The van der Waals surface area contributed by atoms with Gasteiger partial charge < -0.3 is 0 Å². The Hall–Kier alpha value is -3.87. The van der Waals surface area contributed by atoms with Gasteiger partial charge in [-0.25, -0.2) is 5.10 Å². The van der Waals surface area contributed by atoms with Gasteiger partial charge in [-0.3, -0.25) is 10.1 Å². The number of aromatic amines is 1. The number of benzene rings is 3. The van der Waals surface area contributed by atoms with E-state index < -0.39 is 0 Å². The molecule has 0 bridgehead atoms. The number of nitrogens with zero attached hydrogens (tertiary/aromatic N) is 4. The lowest BCUT2D eigenvalue weighted by Crippen LogP contribution is -1.95. The second-order valence-corrected chi connectivity index (χ2v) is 5.25. The van der Waals surface area contributed by atoms with Crippen molar-refractivity contribution in [1.29, 1.82) is 0 Å². The van der Waals surface area contributed by atoms with Crippen LogP contribution in [0.25, 0.3) is 22.3 Å². The number of rotatable bonds is 3. The number of nitrogens with one attached hydrogen (secondary N) is 1. The Balaban J connectivity index is 0.000000339. The summed E-state index contributed by atoms with van der Waals surface area (Å²) in [5.41, 5.74) is 3.13. The second kappa shape index (κ2) is 8.29. The number of aromatic nitrogens is 4. The zero-order valence-corrected chi connectivity index (χ0v) is 13.7. The predicted octanol–water partition coefficient (Wildman–Crippen LogP) is 4.13. The lowest BCUT2D eigenvalue weighted by atomic mass is 9.96. The Kier molecular flexibility index (Phi) is 5.41. The van der Waals surface area contributed by atoms with Crippen molar-refractivity contribution in [3.05, 3.63) is 95.3 Å². The summed E-state index contributed by atoms with van der Waals surface area (Å²) in [7, 11) is 0. The molecular weight excluding hydrogens is 330 g/mol. The first kappa shape index (κ1) is 17.0. The van der Waals surface area contributed by atoms with Crippen LogP contribution in [-0.2, 0) is 0 Å². The Morgan fingerprint density at radius 3 is 1.65 bits per heavy atom. The molecule has 0 spiro atoms. The van der Waals surface area contributed by atoms with Crippen LogP contribution in [0.4, 0.5) is 5.69 Å². The van der Waals surface area contributed by atoms with E-state index in [9.17, 15) is 10.1 Å². The number of nitro groups is 1. The molecule has 7 heteroatoms. The molecule has 0 saturated carbocycles. The third kappa shape index (κ3) is 3.96. The summed E-state index contributed by atoms with van der Waals surface area (Å²) in [6, 6.07) is 24.3. The highest BCUT2D eigenvalue weighted by Gasteiger charge is 2.21. The van der Waals surface area contributed by atoms with Gasteiger partial charge in [0.1, 0.15) is 6.33 Å². The number of nitro benzene ring substituents is 1. The Bertz CT molecular complexity index is 883. The highest BCUT2D eigenvalue weighted by molar-refractivity contribution is 5.85. The molecular formula is C19H15N5O2. The van der Waals surface area contributed by atoms with E-state index in [4.69, 9.17) is 0 Å². The zero-order valence-electron chi connectivity index (χ0n) is 13.7. The number of hydrogen-bond donors (Lipinski definition) is 1. The summed E-state index contributed by atoms with van der Waals surface area (Å²) in [6.45, 7) is 0. The molecule has 0 amide bonds. The third-order valence-electron chi connectivity index (χ3n) is 3.66. The van der Waals surface area contributed by atoms with Crippen LogP contribution in [0.5, 0.6) is 0 Å². The average Bonchev–Trinajstić information content (AvgIpc) is 3.29. The number of hydrogen-bond acceptors (Lipinski definition) is 5. The van der Waals surface area contributed by atoms with Gasteiger partial charge in [0.05, 0.1) is 16.1 Å². The van der Waals surface area contributed by atoms with Crippen molar-refractivity contribution in [3.8, 4) is 22.3 Å². The van der Waals surface area contributed by atoms with E-state index in [0.29, 0.717) is 11.1 Å². The fraction of sp³-hybridized carbons (Fsp3) is 0. The van der Waals surface area contributed by atoms with E-state index in [1.165, 1.54) is 6.33 Å². The van der Waals surface area contributed by atoms with Crippen molar-refractivity contribution < 1.29 is 4.92 Å². The van der Waals surface area contributed by atoms with E-state index in [0.717, 1.165) is 11.1 Å². The Morgan fingerprint density at radius 1 is 0.769 bits per heavy atom. The first-order chi connectivity index (χ1) is 12.8. The van der Waals surface area contributed by atoms with Crippen molar-refractivity contribution in [3.63, 3.8) is 0 Å². The van der Waals surface area contributed by atoms with Crippen LogP contribution < -0.4 is 0 Å². The standard InChI is InChI=1S/C18H13NO2.CH2N4/c20-19(21)18-16(14-8-3-1-4-9-14)12-7-13-17(18)15-10-5-2-6-11-15;1-2-4-5-3-1/h1-13H;1H,(H,2,3,4,5). The number of para-hydroxylation sites is 1. The van der Waals surface area contributed by atoms with Gasteiger partial charge in [0.2, 0.25) is 0 Å². The zero-order chi connectivity index (χ0) is 18.2.